The van der Waals surface area contributed by atoms with Crippen LogP contribution in [0, 0.1) is 0 Å². The fraction of sp³-hybridized carbons (Fsp3) is 0.333. The number of benzene rings is 1. The van der Waals surface area contributed by atoms with Gasteiger partial charge in [-0.05, 0) is 17.7 Å². The molecule has 0 bridgehead atoms. The van der Waals surface area contributed by atoms with E-state index in [1.165, 1.54) is 0 Å². The van der Waals surface area contributed by atoms with Crippen LogP contribution in [0.5, 0.6) is 0 Å². The highest BCUT2D eigenvalue weighted by Gasteiger charge is 2.23. The number of rotatable bonds is 5. The first-order chi connectivity index (χ1) is 13.2. The Bertz CT molecular complexity index is 877. The van der Waals surface area contributed by atoms with Crippen LogP contribution >= 0.6 is 24.8 Å². The first-order valence-electron chi connectivity index (χ1n) is 9.42. The number of amides is 1. The van der Waals surface area contributed by atoms with E-state index < -0.39 is 0 Å². The number of pyridine rings is 1. The van der Waals surface area contributed by atoms with Crippen LogP contribution in [0.15, 0.2) is 60.9 Å². The van der Waals surface area contributed by atoms with E-state index in [4.69, 9.17) is 5.73 Å². The Morgan fingerprint density at radius 3 is 2.38 bits per heavy atom. The summed E-state index contributed by atoms with van der Waals surface area (Å²) in [5, 5.41) is 0. The molecule has 1 aliphatic heterocycles. The summed E-state index contributed by atoms with van der Waals surface area (Å²) < 4.78 is 2.04. The highest BCUT2D eigenvalue weighted by molar-refractivity contribution is 5.85. The van der Waals surface area contributed by atoms with Crippen molar-refractivity contribution in [3.63, 3.8) is 0 Å². The highest BCUT2D eigenvalue weighted by Crippen LogP contribution is 2.16. The molecular formula is C21H27Cl2N5O. The van der Waals surface area contributed by atoms with E-state index >= 15 is 0 Å². The molecule has 29 heavy (non-hydrogen) atoms. The summed E-state index contributed by atoms with van der Waals surface area (Å²) in [4.78, 5) is 21.5. The molecule has 4 rings (SSSR count). The van der Waals surface area contributed by atoms with Crippen LogP contribution in [0.1, 0.15) is 23.7 Å². The molecule has 3 aromatic rings. The summed E-state index contributed by atoms with van der Waals surface area (Å²) in [6, 6.07) is 15.6. The lowest BCUT2D eigenvalue weighted by molar-refractivity contribution is -0.133. The fourth-order valence-corrected chi connectivity index (χ4v) is 3.58. The zero-order chi connectivity index (χ0) is 18.6. The highest BCUT2D eigenvalue weighted by atomic mass is 35.5. The van der Waals surface area contributed by atoms with Crippen LogP contribution in [0.3, 0.4) is 0 Å². The summed E-state index contributed by atoms with van der Waals surface area (Å²) in [5.74, 6) is 0.138. The molecule has 156 valence electrons. The van der Waals surface area contributed by atoms with Gasteiger partial charge >= 0.3 is 0 Å². The Labute approximate surface area is 183 Å². The van der Waals surface area contributed by atoms with Gasteiger partial charge in [0, 0.05) is 57.6 Å². The van der Waals surface area contributed by atoms with Crippen molar-refractivity contribution in [2.45, 2.75) is 19.0 Å². The number of nitrogens with two attached hydrogens (primary N) is 1. The Morgan fingerprint density at radius 1 is 1.00 bits per heavy atom. The number of hydrogen-bond donors (Lipinski definition) is 1. The maximum absolute atomic E-state index is 12.6. The first kappa shape index (κ1) is 23.2. The fourth-order valence-electron chi connectivity index (χ4n) is 3.58. The average Bonchev–Trinajstić information content (AvgIpc) is 3.11. The number of halogens is 2. The summed E-state index contributed by atoms with van der Waals surface area (Å²) in [6.07, 6.45) is 4.45. The Hall–Kier alpha value is -2.12. The van der Waals surface area contributed by atoms with Crippen molar-refractivity contribution in [2.24, 2.45) is 5.73 Å². The predicted octanol–water partition coefficient (Wildman–Crippen LogP) is 2.91. The van der Waals surface area contributed by atoms with E-state index in [-0.39, 0.29) is 36.8 Å². The Kier molecular flexibility index (Phi) is 8.46. The van der Waals surface area contributed by atoms with Gasteiger partial charge in [-0.25, -0.2) is 4.98 Å². The lowest BCUT2D eigenvalue weighted by Crippen LogP contribution is -2.48. The van der Waals surface area contributed by atoms with Crippen LogP contribution in [0.4, 0.5) is 0 Å². The van der Waals surface area contributed by atoms with Gasteiger partial charge < -0.3 is 15.0 Å². The standard InChI is InChI=1S/C21H25N5O.2ClH/c22-19(17-6-2-1-3-7-17)14-21(27)25-12-10-24(11-13-25)15-18-16-26-9-5-4-8-20(26)23-18;;/h1-9,16,19H,10-15,22H2;2*1H. The minimum atomic E-state index is -0.241. The number of fused-ring (bicyclic) bond motifs is 1. The van der Waals surface area contributed by atoms with Gasteiger partial charge in [-0.1, -0.05) is 36.4 Å². The second-order valence-electron chi connectivity index (χ2n) is 7.08. The molecule has 0 saturated carbocycles. The molecule has 1 amide bonds. The molecule has 1 unspecified atom stereocenters. The van der Waals surface area contributed by atoms with Crippen molar-refractivity contribution >= 4 is 36.4 Å². The second-order valence-corrected chi connectivity index (χ2v) is 7.08. The molecule has 0 spiro atoms. The van der Waals surface area contributed by atoms with Crippen LogP contribution in [-0.2, 0) is 11.3 Å². The molecule has 8 heteroatoms. The van der Waals surface area contributed by atoms with Crippen molar-refractivity contribution in [1.29, 1.82) is 0 Å². The Balaban J connectivity index is 0.00000150. The van der Waals surface area contributed by atoms with Gasteiger partial charge in [0.15, 0.2) is 0 Å². The predicted molar refractivity (Wildman–Crippen MR) is 120 cm³/mol. The number of carbonyl (C=O) groups excluding carboxylic acids is 1. The molecule has 2 N–H and O–H groups in total. The molecule has 0 aliphatic carbocycles. The normalized spacial score (nSPS) is 15.4. The third kappa shape index (κ3) is 5.70. The van der Waals surface area contributed by atoms with Gasteiger partial charge in [-0.3, -0.25) is 9.69 Å². The molecule has 3 heterocycles. The van der Waals surface area contributed by atoms with E-state index in [0.717, 1.165) is 49.6 Å². The number of carbonyl (C=O) groups is 1. The van der Waals surface area contributed by atoms with Crippen LogP contribution < -0.4 is 5.73 Å². The first-order valence-corrected chi connectivity index (χ1v) is 9.42. The van der Waals surface area contributed by atoms with E-state index in [1.807, 2.05) is 64.0 Å². The lowest BCUT2D eigenvalue weighted by atomic mass is 10.0. The van der Waals surface area contributed by atoms with Crippen LogP contribution in [0.2, 0.25) is 0 Å². The minimum absolute atomic E-state index is 0. The van der Waals surface area contributed by atoms with Crippen molar-refractivity contribution in [3.05, 3.63) is 72.2 Å². The maximum Gasteiger partial charge on any atom is 0.224 e. The second kappa shape index (κ2) is 10.6. The Morgan fingerprint density at radius 2 is 1.69 bits per heavy atom. The zero-order valence-corrected chi connectivity index (χ0v) is 17.8. The van der Waals surface area contributed by atoms with Gasteiger partial charge in [0.25, 0.3) is 0 Å². The zero-order valence-electron chi connectivity index (χ0n) is 16.2. The van der Waals surface area contributed by atoms with E-state index in [9.17, 15) is 4.79 Å². The average molecular weight is 436 g/mol. The number of hydrogen-bond acceptors (Lipinski definition) is 4. The topological polar surface area (TPSA) is 66.9 Å². The third-order valence-corrected chi connectivity index (χ3v) is 5.15. The van der Waals surface area contributed by atoms with Gasteiger partial charge in [-0.2, -0.15) is 0 Å². The molecule has 1 aromatic carbocycles. The van der Waals surface area contributed by atoms with Gasteiger partial charge in [0.1, 0.15) is 5.65 Å². The minimum Gasteiger partial charge on any atom is -0.340 e. The smallest absolute Gasteiger partial charge is 0.224 e. The molecule has 0 radical (unpaired) electrons. The SMILES string of the molecule is Cl.Cl.NC(CC(=O)N1CCN(Cc2cn3ccccc3n2)CC1)c1ccccc1. The number of piperazine rings is 1. The lowest BCUT2D eigenvalue weighted by Gasteiger charge is -2.34. The monoisotopic (exact) mass is 435 g/mol. The van der Waals surface area contributed by atoms with Gasteiger partial charge in [-0.15, -0.1) is 24.8 Å². The van der Waals surface area contributed by atoms with E-state index in [1.54, 1.807) is 0 Å². The maximum atomic E-state index is 12.6. The molecule has 1 aliphatic rings. The summed E-state index contributed by atoms with van der Waals surface area (Å²) in [7, 11) is 0. The van der Waals surface area contributed by atoms with Crippen LogP contribution in [-0.4, -0.2) is 51.3 Å². The summed E-state index contributed by atoms with van der Waals surface area (Å²) in [6.45, 7) is 4.02. The number of nitrogens with zero attached hydrogens (tertiary/aromatic N) is 4. The molecule has 1 saturated heterocycles. The quantitative estimate of drug-likeness (QED) is 0.668. The number of aromatic nitrogens is 2. The van der Waals surface area contributed by atoms with Gasteiger partial charge in [0.2, 0.25) is 5.91 Å². The molecule has 2 aromatic heterocycles. The number of imidazole rings is 1. The van der Waals surface area contributed by atoms with Crippen molar-refractivity contribution < 1.29 is 4.79 Å². The van der Waals surface area contributed by atoms with Crippen LogP contribution in [0.25, 0.3) is 5.65 Å². The summed E-state index contributed by atoms with van der Waals surface area (Å²) in [5.41, 5.74) is 9.24. The molecule has 1 atom stereocenters. The summed E-state index contributed by atoms with van der Waals surface area (Å²) >= 11 is 0. The van der Waals surface area contributed by atoms with E-state index in [2.05, 4.69) is 16.1 Å². The van der Waals surface area contributed by atoms with Crippen molar-refractivity contribution in [3.8, 4) is 0 Å². The van der Waals surface area contributed by atoms with Crippen molar-refractivity contribution in [1.82, 2.24) is 19.2 Å². The van der Waals surface area contributed by atoms with Crippen molar-refractivity contribution in [2.75, 3.05) is 26.2 Å². The largest absolute Gasteiger partial charge is 0.340 e. The molecular weight excluding hydrogens is 409 g/mol. The van der Waals surface area contributed by atoms with Gasteiger partial charge in [0.05, 0.1) is 5.69 Å². The van der Waals surface area contributed by atoms with E-state index in [0.29, 0.717) is 6.42 Å². The third-order valence-electron chi connectivity index (χ3n) is 5.15. The molecule has 6 nitrogen and oxygen atoms in total. The molecule has 1 fully saturated rings.